The van der Waals surface area contributed by atoms with Crippen LogP contribution in [0.25, 0.3) is 0 Å². The first-order valence-corrected chi connectivity index (χ1v) is 12.1. The van der Waals surface area contributed by atoms with Gasteiger partial charge in [0.15, 0.2) is 11.5 Å². The molecule has 10 heteroatoms. The van der Waals surface area contributed by atoms with Gasteiger partial charge in [0.05, 0.1) is 25.3 Å². The van der Waals surface area contributed by atoms with Crippen molar-refractivity contribution >= 4 is 15.9 Å². The number of amides is 1. The molecule has 0 saturated carbocycles. The van der Waals surface area contributed by atoms with Crippen LogP contribution < -0.4 is 14.2 Å². The van der Waals surface area contributed by atoms with Crippen molar-refractivity contribution in [3.05, 3.63) is 72.6 Å². The Labute approximate surface area is 198 Å². The number of methoxy groups -OCH3 is 2. The fraction of sp³-hybridized carbons (Fsp3) is 0.250. The summed E-state index contributed by atoms with van der Waals surface area (Å²) in [6.07, 6.45) is 3.27. The minimum Gasteiger partial charge on any atom is -0.493 e. The van der Waals surface area contributed by atoms with E-state index < -0.39 is 10.0 Å². The molecule has 178 valence electrons. The van der Waals surface area contributed by atoms with Crippen molar-refractivity contribution in [2.45, 2.75) is 4.90 Å². The first kappa shape index (κ1) is 23.5. The second kappa shape index (κ2) is 10.1. The lowest BCUT2D eigenvalue weighted by molar-refractivity contribution is 0.0698. The molecule has 2 heterocycles. The molecule has 4 rings (SSSR count). The third-order valence-electron chi connectivity index (χ3n) is 5.49. The highest BCUT2D eigenvalue weighted by Crippen LogP contribution is 2.31. The van der Waals surface area contributed by atoms with Crippen LogP contribution in [0, 0.1) is 0 Å². The number of rotatable bonds is 7. The number of carbonyl (C=O) groups is 1. The maximum Gasteiger partial charge on any atom is 0.253 e. The number of nitrogens with zero attached hydrogens (tertiary/aromatic N) is 3. The Bertz CT molecular complexity index is 1240. The summed E-state index contributed by atoms with van der Waals surface area (Å²) in [4.78, 5) is 18.7. The summed E-state index contributed by atoms with van der Waals surface area (Å²) in [5, 5.41) is 0. The van der Waals surface area contributed by atoms with Gasteiger partial charge in [0, 0.05) is 44.0 Å². The third-order valence-corrected chi connectivity index (χ3v) is 7.38. The van der Waals surface area contributed by atoms with Crippen LogP contribution >= 0.6 is 0 Å². The molecule has 1 aliphatic rings. The van der Waals surface area contributed by atoms with Crippen molar-refractivity contribution in [3.63, 3.8) is 0 Å². The molecule has 2 aromatic carbocycles. The highest BCUT2D eigenvalue weighted by atomic mass is 32.2. The van der Waals surface area contributed by atoms with Gasteiger partial charge in [-0.05, 0) is 48.5 Å². The van der Waals surface area contributed by atoms with E-state index in [0.29, 0.717) is 41.7 Å². The summed E-state index contributed by atoms with van der Waals surface area (Å²) < 4.78 is 43.7. The Hall–Kier alpha value is -3.63. The lowest BCUT2D eigenvalue weighted by Gasteiger charge is -2.34. The van der Waals surface area contributed by atoms with Gasteiger partial charge in [0.25, 0.3) is 5.91 Å². The molecule has 34 heavy (non-hydrogen) atoms. The molecule has 0 bridgehead atoms. The van der Waals surface area contributed by atoms with Crippen molar-refractivity contribution < 1.29 is 27.4 Å². The quantitative estimate of drug-likeness (QED) is 0.509. The fourth-order valence-corrected chi connectivity index (χ4v) is 5.09. The zero-order chi connectivity index (χ0) is 24.1. The predicted molar refractivity (Wildman–Crippen MR) is 125 cm³/mol. The highest BCUT2D eigenvalue weighted by molar-refractivity contribution is 7.89. The summed E-state index contributed by atoms with van der Waals surface area (Å²) in [5.74, 6) is 1.84. The number of aromatic nitrogens is 1. The van der Waals surface area contributed by atoms with E-state index in [-0.39, 0.29) is 23.9 Å². The molecule has 0 atom stereocenters. The SMILES string of the molecule is COc1ccc(S(=O)(=O)N2CCN(C(=O)c3ccc(Oc4cccnc4)cc3)CC2)cc1OC. The maximum absolute atomic E-state index is 13.1. The Morgan fingerprint density at radius 3 is 2.21 bits per heavy atom. The van der Waals surface area contributed by atoms with Crippen LogP contribution in [-0.4, -0.2) is 68.9 Å². The van der Waals surface area contributed by atoms with Crippen molar-refractivity contribution in [1.29, 1.82) is 0 Å². The van der Waals surface area contributed by atoms with Crippen LogP contribution in [0.3, 0.4) is 0 Å². The van der Waals surface area contributed by atoms with Gasteiger partial charge in [-0.25, -0.2) is 8.42 Å². The van der Waals surface area contributed by atoms with Gasteiger partial charge in [0.1, 0.15) is 11.5 Å². The zero-order valence-corrected chi connectivity index (χ0v) is 19.7. The molecule has 1 aliphatic heterocycles. The average Bonchev–Trinajstić information content (AvgIpc) is 2.89. The molecule has 1 saturated heterocycles. The van der Waals surface area contributed by atoms with E-state index in [1.54, 1.807) is 59.8 Å². The summed E-state index contributed by atoms with van der Waals surface area (Å²) in [7, 11) is -0.786. The zero-order valence-electron chi connectivity index (χ0n) is 18.9. The van der Waals surface area contributed by atoms with E-state index in [0.717, 1.165) is 0 Å². The van der Waals surface area contributed by atoms with E-state index in [4.69, 9.17) is 14.2 Å². The monoisotopic (exact) mass is 483 g/mol. The van der Waals surface area contributed by atoms with E-state index >= 15 is 0 Å². The largest absolute Gasteiger partial charge is 0.493 e. The van der Waals surface area contributed by atoms with Gasteiger partial charge in [-0.2, -0.15) is 4.31 Å². The van der Waals surface area contributed by atoms with E-state index in [2.05, 4.69) is 4.98 Å². The summed E-state index contributed by atoms with van der Waals surface area (Å²) >= 11 is 0. The molecule has 3 aromatic rings. The molecule has 0 N–H and O–H groups in total. The minimum atomic E-state index is -3.73. The van der Waals surface area contributed by atoms with Gasteiger partial charge in [-0.1, -0.05) is 0 Å². The van der Waals surface area contributed by atoms with Gasteiger partial charge >= 0.3 is 0 Å². The second-order valence-corrected chi connectivity index (χ2v) is 9.47. The van der Waals surface area contributed by atoms with Crippen LogP contribution in [0.1, 0.15) is 10.4 Å². The lowest BCUT2D eigenvalue weighted by Crippen LogP contribution is -2.50. The number of pyridine rings is 1. The maximum atomic E-state index is 13.1. The van der Waals surface area contributed by atoms with Crippen LogP contribution in [0.4, 0.5) is 0 Å². The summed E-state index contributed by atoms with van der Waals surface area (Å²) in [5.41, 5.74) is 0.509. The molecular formula is C24H25N3O6S. The van der Waals surface area contributed by atoms with Gasteiger partial charge in [-0.15, -0.1) is 0 Å². The number of carbonyl (C=O) groups excluding carboxylic acids is 1. The van der Waals surface area contributed by atoms with Gasteiger partial charge in [-0.3, -0.25) is 9.78 Å². The first-order valence-electron chi connectivity index (χ1n) is 10.6. The Balaban J connectivity index is 1.39. The normalized spacial score (nSPS) is 14.5. The van der Waals surface area contributed by atoms with E-state index in [9.17, 15) is 13.2 Å². The van der Waals surface area contributed by atoms with Crippen LogP contribution in [0.5, 0.6) is 23.0 Å². The molecule has 0 radical (unpaired) electrons. The Kier molecular flexibility index (Phi) is 6.99. The lowest BCUT2D eigenvalue weighted by atomic mass is 10.2. The standard InChI is InChI=1S/C24H25N3O6S/c1-31-22-10-9-21(16-23(22)32-2)34(29,30)27-14-12-26(13-15-27)24(28)18-5-7-19(8-6-18)33-20-4-3-11-25-17-20/h3-11,16-17H,12-15H2,1-2H3. The molecule has 1 fully saturated rings. The topological polar surface area (TPSA) is 98.3 Å². The van der Waals surface area contributed by atoms with Gasteiger partial charge in [0.2, 0.25) is 10.0 Å². The van der Waals surface area contributed by atoms with E-state index in [1.165, 1.54) is 30.7 Å². The number of hydrogen-bond acceptors (Lipinski definition) is 7. The predicted octanol–water partition coefficient (Wildman–Crippen LogP) is 3.04. The minimum absolute atomic E-state index is 0.120. The average molecular weight is 484 g/mol. The van der Waals surface area contributed by atoms with Crippen LogP contribution in [0.2, 0.25) is 0 Å². The molecule has 0 spiro atoms. The first-order chi connectivity index (χ1) is 16.4. The number of hydrogen-bond donors (Lipinski definition) is 0. The van der Waals surface area contributed by atoms with Crippen LogP contribution in [-0.2, 0) is 10.0 Å². The number of ether oxygens (including phenoxy) is 3. The second-order valence-electron chi connectivity index (χ2n) is 7.53. The highest BCUT2D eigenvalue weighted by Gasteiger charge is 2.31. The molecule has 0 aliphatic carbocycles. The Morgan fingerprint density at radius 2 is 1.59 bits per heavy atom. The summed E-state index contributed by atoms with van der Waals surface area (Å²) in [6.45, 7) is 0.980. The molecule has 0 unspecified atom stereocenters. The third kappa shape index (κ3) is 4.97. The number of benzene rings is 2. The smallest absolute Gasteiger partial charge is 0.253 e. The van der Waals surface area contributed by atoms with Crippen molar-refractivity contribution in [3.8, 4) is 23.0 Å². The number of sulfonamides is 1. The Morgan fingerprint density at radius 1 is 0.882 bits per heavy atom. The fourth-order valence-electron chi connectivity index (χ4n) is 3.65. The number of piperazine rings is 1. The van der Waals surface area contributed by atoms with Crippen molar-refractivity contribution in [2.75, 3.05) is 40.4 Å². The molecular weight excluding hydrogens is 458 g/mol. The van der Waals surface area contributed by atoms with Gasteiger partial charge < -0.3 is 19.1 Å². The van der Waals surface area contributed by atoms with Crippen LogP contribution in [0.15, 0.2) is 71.9 Å². The summed E-state index contributed by atoms with van der Waals surface area (Å²) in [6, 6.07) is 14.9. The van der Waals surface area contributed by atoms with Crippen molar-refractivity contribution in [2.24, 2.45) is 0 Å². The molecule has 9 nitrogen and oxygen atoms in total. The van der Waals surface area contributed by atoms with Crippen molar-refractivity contribution in [1.82, 2.24) is 14.2 Å². The van der Waals surface area contributed by atoms with E-state index in [1.807, 2.05) is 0 Å². The molecule has 1 aromatic heterocycles. The molecule has 1 amide bonds.